The van der Waals surface area contributed by atoms with Gasteiger partial charge in [-0.2, -0.15) is 0 Å². The van der Waals surface area contributed by atoms with E-state index in [9.17, 15) is 0 Å². The van der Waals surface area contributed by atoms with E-state index in [1.54, 1.807) is 7.11 Å². The molecule has 0 unspecified atom stereocenters. The van der Waals surface area contributed by atoms with Crippen molar-refractivity contribution in [3.63, 3.8) is 0 Å². The van der Waals surface area contributed by atoms with Gasteiger partial charge >= 0.3 is 0 Å². The van der Waals surface area contributed by atoms with Crippen molar-refractivity contribution in [2.45, 2.75) is 31.1 Å². The van der Waals surface area contributed by atoms with E-state index >= 15 is 0 Å². The Morgan fingerprint density at radius 2 is 2.19 bits per heavy atom. The van der Waals surface area contributed by atoms with Crippen molar-refractivity contribution >= 4 is 11.6 Å². The van der Waals surface area contributed by atoms with Crippen LogP contribution in [-0.2, 0) is 5.41 Å². The molecule has 0 aliphatic heterocycles. The zero-order valence-electron chi connectivity index (χ0n) is 9.63. The zero-order chi connectivity index (χ0) is 11.6. The maximum absolute atomic E-state index is 6.07. The van der Waals surface area contributed by atoms with E-state index in [0.717, 1.165) is 23.7 Å². The highest BCUT2D eigenvalue weighted by atomic mass is 35.5. The molecule has 0 bridgehead atoms. The minimum Gasteiger partial charge on any atom is -0.496 e. The van der Waals surface area contributed by atoms with Crippen LogP contribution in [0.2, 0.25) is 5.02 Å². The summed E-state index contributed by atoms with van der Waals surface area (Å²) in [7, 11) is 1.71. The second-order valence-corrected chi connectivity index (χ2v) is 4.95. The van der Waals surface area contributed by atoms with E-state index in [1.807, 2.05) is 18.2 Å². The molecule has 1 aliphatic rings. The van der Waals surface area contributed by atoms with Crippen LogP contribution < -0.4 is 10.5 Å². The number of hydrogen-bond donors (Lipinski definition) is 1. The summed E-state index contributed by atoms with van der Waals surface area (Å²) in [6.45, 7) is 0.718. The molecule has 88 valence electrons. The lowest BCUT2D eigenvalue weighted by molar-refractivity contribution is 0.221. The Bertz CT molecular complexity index is 374. The molecule has 1 saturated carbocycles. The van der Waals surface area contributed by atoms with E-state index in [-0.39, 0.29) is 5.41 Å². The Labute approximate surface area is 102 Å². The second-order valence-electron chi connectivity index (χ2n) is 4.52. The summed E-state index contributed by atoms with van der Waals surface area (Å²) in [5.41, 5.74) is 7.17. The molecule has 1 fully saturated rings. The minimum absolute atomic E-state index is 0.213. The second kappa shape index (κ2) is 4.64. The molecule has 0 amide bonds. The van der Waals surface area contributed by atoms with E-state index < -0.39 is 0 Å². The zero-order valence-corrected chi connectivity index (χ0v) is 10.4. The monoisotopic (exact) mass is 239 g/mol. The average Bonchev–Trinajstić information content (AvgIpc) is 2.23. The normalized spacial score (nSPS) is 17.9. The standard InChI is InChI=1S/C13H18ClNO/c1-16-12-4-3-10(14)9-11(12)13(7-8-15)5-2-6-13/h3-4,9H,2,5-8,15H2,1H3. The lowest BCUT2D eigenvalue weighted by Gasteiger charge is -2.43. The number of halogens is 1. The molecule has 2 rings (SSSR count). The Kier molecular flexibility index (Phi) is 3.41. The third kappa shape index (κ3) is 1.92. The van der Waals surface area contributed by atoms with Crippen molar-refractivity contribution in [2.75, 3.05) is 13.7 Å². The highest BCUT2D eigenvalue weighted by Crippen LogP contribution is 2.49. The number of hydrogen-bond acceptors (Lipinski definition) is 2. The quantitative estimate of drug-likeness (QED) is 0.876. The lowest BCUT2D eigenvalue weighted by atomic mass is 9.62. The van der Waals surface area contributed by atoms with Gasteiger partial charge in [-0.25, -0.2) is 0 Å². The fraction of sp³-hybridized carbons (Fsp3) is 0.538. The summed E-state index contributed by atoms with van der Waals surface area (Å²) in [5.74, 6) is 0.942. The summed E-state index contributed by atoms with van der Waals surface area (Å²) in [4.78, 5) is 0. The van der Waals surface area contributed by atoms with Gasteiger partial charge in [-0.1, -0.05) is 18.0 Å². The summed E-state index contributed by atoms with van der Waals surface area (Å²) < 4.78 is 5.43. The van der Waals surface area contributed by atoms with Crippen LogP contribution in [0.15, 0.2) is 18.2 Å². The third-order valence-electron chi connectivity index (χ3n) is 3.67. The average molecular weight is 240 g/mol. The molecule has 0 heterocycles. The van der Waals surface area contributed by atoms with E-state index in [4.69, 9.17) is 22.1 Å². The summed E-state index contributed by atoms with van der Waals surface area (Å²) in [6, 6.07) is 5.86. The first-order valence-corrected chi connectivity index (χ1v) is 6.14. The van der Waals surface area contributed by atoms with Crippen LogP contribution in [0.4, 0.5) is 0 Å². The smallest absolute Gasteiger partial charge is 0.122 e. The molecule has 3 heteroatoms. The van der Waals surface area contributed by atoms with Crippen LogP contribution in [0.3, 0.4) is 0 Å². The van der Waals surface area contributed by atoms with Gasteiger partial charge in [-0.3, -0.25) is 0 Å². The molecule has 16 heavy (non-hydrogen) atoms. The molecule has 1 aromatic carbocycles. The molecule has 2 N–H and O–H groups in total. The van der Waals surface area contributed by atoms with Gasteiger partial charge in [0.15, 0.2) is 0 Å². The number of nitrogens with two attached hydrogens (primary N) is 1. The van der Waals surface area contributed by atoms with Crippen molar-refractivity contribution in [3.8, 4) is 5.75 Å². The van der Waals surface area contributed by atoms with Crippen molar-refractivity contribution in [1.82, 2.24) is 0 Å². The third-order valence-corrected chi connectivity index (χ3v) is 3.90. The Balaban J connectivity index is 2.40. The van der Waals surface area contributed by atoms with E-state index in [2.05, 4.69) is 0 Å². The number of benzene rings is 1. The van der Waals surface area contributed by atoms with Crippen molar-refractivity contribution < 1.29 is 4.74 Å². The molecule has 0 atom stereocenters. The predicted octanol–water partition coefficient (Wildman–Crippen LogP) is 3.12. The number of ether oxygens (including phenoxy) is 1. The molecule has 0 aromatic heterocycles. The summed E-state index contributed by atoms with van der Waals surface area (Å²) in [6.07, 6.45) is 4.68. The van der Waals surface area contributed by atoms with Crippen molar-refractivity contribution in [2.24, 2.45) is 5.73 Å². The largest absolute Gasteiger partial charge is 0.496 e. The maximum atomic E-state index is 6.07. The fourth-order valence-electron chi connectivity index (χ4n) is 2.63. The van der Waals surface area contributed by atoms with Gasteiger partial charge in [0, 0.05) is 16.0 Å². The predicted molar refractivity (Wildman–Crippen MR) is 67.2 cm³/mol. The van der Waals surface area contributed by atoms with Crippen molar-refractivity contribution in [1.29, 1.82) is 0 Å². The van der Waals surface area contributed by atoms with Crippen LogP contribution in [0, 0.1) is 0 Å². The molecule has 2 nitrogen and oxygen atoms in total. The van der Waals surface area contributed by atoms with Gasteiger partial charge in [-0.05, 0) is 44.0 Å². The van der Waals surface area contributed by atoms with Gasteiger partial charge < -0.3 is 10.5 Å². The van der Waals surface area contributed by atoms with Gasteiger partial charge in [0.2, 0.25) is 0 Å². The van der Waals surface area contributed by atoms with Crippen LogP contribution in [0.25, 0.3) is 0 Å². The number of methoxy groups -OCH3 is 1. The van der Waals surface area contributed by atoms with Crippen LogP contribution in [0.1, 0.15) is 31.2 Å². The van der Waals surface area contributed by atoms with E-state index in [1.165, 1.54) is 24.8 Å². The van der Waals surface area contributed by atoms with Gasteiger partial charge in [0.05, 0.1) is 7.11 Å². The Hall–Kier alpha value is -0.730. The van der Waals surface area contributed by atoms with Crippen LogP contribution in [-0.4, -0.2) is 13.7 Å². The van der Waals surface area contributed by atoms with E-state index in [0.29, 0.717) is 0 Å². The van der Waals surface area contributed by atoms with Crippen LogP contribution in [0.5, 0.6) is 5.75 Å². The lowest BCUT2D eigenvalue weighted by Crippen LogP contribution is -2.36. The van der Waals surface area contributed by atoms with Gasteiger partial charge in [-0.15, -0.1) is 0 Å². The first-order valence-electron chi connectivity index (χ1n) is 5.76. The topological polar surface area (TPSA) is 35.2 Å². The maximum Gasteiger partial charge on any atom is 0.122 e. The molecular weight excluding hydrogens is 222 g/mol. The highest BCUT2D eigenvalue weighted by Gasteiger charge is 2.39. The SMILES string of the molecule is COc1ccc(Cl)cc1C1(CCN)CCC1. The number of rotatable bonds is 4. The van der Waals surface area contributed by atoms with Crippen molar-refractivity contribution in [3.05, 3.63) is 28.8 Å². The fourth-order valence-corrected chi connectivity index (χ4v) is 2.80. The first-order chi connectivity index (χ1) is 7.72. The van der Waals surface area contributed by atoms with Crippen LogP contribution >= 0.6 is 11.6 Å². The molecule has 0 radical (unpaired) electrons. The first kappa shape index (κ1) is 11.7. The molecule has 0 saturated heterocycles. The van der Waals surface area contributed by atoms with Gasteiger partial charge in [0.1, 0.15) is 5.75 Å². The van der Waals surface area contributed by atoms with Gasteiger partial charge in [0.25, 0.3) is 0 Å². The molecule has 1 aliphatic carbocycles. The summed E-state index contributed by atoms with van der Waals surface area (Å²) in [5, 5.41) is 0.777. The minimum atomic E-state index is 0.213. The summed E-state index contributed by atoms with van der Waals surface area (Å²) >= 11 is 6.07. The Morgan fingerprint density at radius 1 is 1.44 bits per heavy atom. The highest BCUT2D eigenvalue weighted by molar-refractivity contribution is 6.30. The molecule has 0 spiro atoms. The Morgan fingerprint density at radius 3 is 2.69 bits per heavy atom. The molecule has 1 aromatic rings. The molecular formula is C13H18ClNO.